The van der Waals surface area contributed by atoms with Gasteiger partial charge in [-0.1, -0.05) is 18.2 Å². The van der Waals surface area contributed by atoms with Crippen LogP contribution in [0.15, 0.2) is 48.5 Å². The number of amides is 1. The number of ether oxygens (including phenoxy) is 1. The molecule has 6 heteroatoms. The van der Waals surface area contributed by atoms with E-state index in [1.807, 2.05) is 6.07 Å². The predicted molar refractivity (Wildman–Crippen MR) is 86.2 cm³/mol. The molecule has 1 amide bonds. The summed E-state index contributed by atoms with van der Waals surface area (Å²) in [5, 5.41) is 20.8. The van der Waals surface area contributed by atoms with E-state index in [0.717, 1.165) is 5.56 Å². The third-order valence-corrected chi connectivity index (χ3v) is 3.42. The van der Waals surface area contributed by atoms with E-state index in [2.05, 4.69) is 5.32 Å². The lowest BCUT2D eigenvalue weighted by Gasteiger charge is -2.17. The fourth-order valence-electron chi connectivity index (χ4n) is 2.18. The maximum Gasteiger partial charge on any atom is 0.328 e. The summed E-state index contributed by atoms with van der Waals surface area (Å²) < 4.78 is 4.73. The molecule has 1 atom stereocenters. The lowest BCUT2D eigenvalue weighted by Crippen LogP contribution is -2.43. The van der Waals surface area contributed by atoms with Gasteiger partial charge in [0.1, 0.15) is 11.8 Å². The minimum absolute atomic E-state index is 0.0376. The number of phenols is 1. The van der Waals surface area contributed by atoms with Crippen LogP contribution < -0.4 is 5.32 Å². The maximum absolute atomic E-state index is 12.2. The van der Waals surface area contributed by atoms with Crippen molar-refractivity contribution < 1.29 is 19.4 Å². The van der Waals surface area contributed by atoms with Crippen molar-refractivity contribution >= 4 is 11.9 Å². The second kappa shape index (κ2) is 7.79. The van der Waals surface area contributed by atoms with Crippen LogP contribution in [0.4, 0.5) is 0 Å². The summed E-state index contributed by atoms with van der Waals surface area (Å²) in [7, 11) is 1.24. The van der Waals surface area contributed by atoms with E-state index in [1.165, 1.54) is 31.4 Å². The molecule has 122 valence electrons. The molecule has 2 aromatic carbocycles. The molecule has 0 aliphatic rings. The Kier molecular flexibility index (Phi) is 5.53. The Morgan fingerprint density at radius 2 is 1.96 bits per heavy atom. The van der Waals surface area contributed by atoms with Crippen LogP contribution in [0, 0.1) is 11.3 Å². The molecule has 0 saturated heterocycles. The van der Waals surface area contributed by atoms with E-state index < -0.39 is 17.9 Å². The lowest BCUT2D eigenvalue weighted by molar-refractivity contribution is -0.142. The standard InChI is InChI=1S/C18H16N2O4/c1-24-18(23)16(9-12-5-7-13(11-19)8-6-12)20-17(22)14-3-2-4-15(21)10-14/h2-8,10,16,21H,9H2,1H3,(H,20,22)/t16-/m0/s1. The average molecular weight is 324 g/mol. The van der Waals surface area contributed by atoms with Crippen LogP contribution >= 0.6 is 0 Å². The van der Waals surface area contributed by atoms with Crippen molar-refractivity contribution in [2.45, 2.75) is 12.5 Å². The van der Waals surface area contributed by atoms with E-state index in [1.54, 1.807) is 24.3 Å². The van der Waals surface area contributed by atoms with Crippen LogP contribution in [0.25, 0.3) is 0 Å². The topological polar surface area (TPSA) is 99.4 Å². The van der Waals surface area contributed by atoms with Gasteiger partial charge in [0.05, 0.1) is 18.7 Å². The molecular formula is C18H16N2O4. The highest BCUT2D eigenvalue weighted by Crippen LogP contribution is 2.12. The molecule has 0 aliphatic heterocycles. The van der Waals surface area contributed by atoms with Gasteiger partial charge in [-0.15, -0.1) is 0 Å². The zero-order valence-electron chi connectivity index (χ0n) is 13.0. The van der Waals surface area contributed by atoms with Crippen molar-refractivity contribution in [1.82, 2.24) is 5.32 Å². The van der Waals surface area contributed by atoms with Gasteiger partial charge in [-0.3, -0.25) is 4.79 Å². The van der Waals surface area contributed by atoms with Gasteiger partial charge in [0.2, 0.25) is 0 Å². The summed E-state index contributed by atoms with van der Waals surface area (Å²) in [6, 6.07) is 13.7. The van der Waals surface area contributed by atoms with E-state index in [9.17, 15) is 14.7 Å². The lowest BCUT2D eigenvalue weighted by atomic mass is 10.0. The number of nitriles is 1. The number of carbonyl (C=O) groups excluding carboxylic acids is 2. The van der Waals surface area contributed by atoms with E-state index in [-0.39, 0.29) is 17.7 Å². The number of carbonyl (C=O) groups is 2. The van der Waals surface area contributed by atoms with Crippen LogP contribution in [0.2, 0.25) is 0 Å². The van der Waals surface area contributed by atoms with Crippen molar-refractivity contribution in [3.8, 4) is 11.8 Å². The molecule has 0 radical (unpaired) electrons. The number of hydrogen-bond acceptors (Lipinski definition) is 5. The molecule has 0 heterocycles. The molecule has 0 saturated carbocycles. The van der Waals surface area contributed by atoms with E-state index >= 15 is 0 Å². The molecular weight excluding hydrogens is 308 g/mol. The Labute approximate surface area is 139 Å². The van der Waals surface area contributed by atoms with Crippen molar-refractivity contribution in [2.24, 2.45) is 0 Å². The molecule has 0 bridgehead atoms. The summed E-state index contributed by atoms with van der Waals surface area (Å²) in [5.74, 6) is -1.10. The Hall–Kier alpha value is -3.33. The normalized spacial score (nSPS) is 11.2. The fourth-order valence-corrected chi connectivity index (χ4v) is 2.18. The quantitative estimate of drug-likeness (QED) is 0.817. The van der Waals surface area contributed by atoms with E-state index in [4.69, 9.17) is 10.00 Å². The second-order valence-electron chi connectivity index (χ2n) is 5.11. The summed E-state index contributed by atoms with van der Waals surface area (Å²) in [5.41, 5.74) is 1.53. The Morgan fingerprint density at radius 3 is 2.54 bits per heavy atom. The van der Waals surface area contributed by atoms with Crippen LogP contribution in [-0.4, -0.2) is 30.1 Å². The van der Waals surface area contributed by atoms with Gasteiger partial charge in [0.15, 0.2) is 0 Å². The summed E-state index contributed by atoms with van der Waals surface area (Å²) in [6.07, 6.45) is 0.225. The number of benzene rings is 2. The van der Waals surface area contributed by atoms with Crippen LogP contribution in [0.1, 0.15) is 21.5 Å². The van der Waals surface area contributed by atoms with Gasteiger partial charge in [-0.25, -0.2) is 4.79 Å². The molecule has 0 aliphatic carbocycles. The van der Waals surface area contributed by atoms with Crippen molar-refractivity contribution in [3.63, 3.8) is 0 Å². The zero-order chi connectivity index (χ0) is 17.5. The number of methoxy groups -OCH3 is 1. The zero-order valence-corrected chi connectivity index (χ0v) is 13.0. The number of nitrogens with one attached hydrogen (secondary N) is 1. The van der Waals surface area contributed by atoms with Gasteiger partial charge >= 0.3 is 5.97 Å². The first-order valence-electron chi connectivity index (χ1n) is 7.20. The molecule has 0 fully saturated rings. The van der Waals surface area contributed by atoms with Gasteiger partial charge in [-0.05, 0) is 35.9 Å². The Balaban J connectivity index is 2.14. The summed E-state index contributed by atoms with van der Waals surface area (Å²) >= 11 is 0. The van der Waals surface area contributed by atoms with Crippen molar-refractivity contribution in [2.75, 3.05) is 7.11 Å². The monoisotopic (exact) mass is 324 g/mol. The minimum atomic E-state index is -0.877. The molecule has 6 nitrogen and oxygen atoms in total. The number of phenolic OH excluding ortho intramolecular Hbond substituents is 1. The van der Waals surface area contributed by atoms with E-state index in [0.29, 0.717) is 5.56 Å². The maximum atomic E-state index is 12.2. The molecule has 0 unspecified atom stereocenters. The first-order chi connectivity index (χ1) is 11.5. The van der Waals surface area contributed by atoms with Gasteiger partial charge in [-0.2, -0.15) is 5.26 Å². The first-order valence-corrected chi connectivity index (χ1v) is 7.20. The molecule has 2 N–H and O–H groups in total. The highest BCUT2D eigenvalue weighted by Gasteiger charge is 2.22. The van der Waals surface area contributed by atoms with Crippen LogP contribution in [0.5, 0.6) is 5.75 Å². The number of rotatable bonds is 5. The van der Waals surface area contributed by atoms with Crippen molar-refractivity contribution in [1.29, 1.82) is 5.26 Å². The highest BCUT2D eigenvalue weighted by atomic mass is 16.5. The predicted octanol–water partition coefficient (Wildman–Crippen LogP) is 1.78. The second-order valence-corrected chi connectivity index (χ2v) is 5.11. The third-order valence-electron chi connectivity index (χ3n) is 3.42. The largest absolute Gasteiger partial charge is 0.508 e. The van der Waals surface area contributed by atoms with Crippen LogP contribution in [-0.2, 0) is 16.0 Å². The van der Waals surface area contributed by atoms with Crippen LogP contribution in [0.3, 0.4) is 0 Å². The number of aromatic hydroxyl groups is 1. The summed E-state index contributed by atoms with van der Waals surface area (Å²) in [6.45, 7) is 0. The number of nitrogens with zero attached hydrogens (tertiary/aromatic N) is 1. The van der Waals surface area contributed by atoms with Gasteiger partial charge in [0.25, 0.3) is 5.91 Å². The molecule has 0 aromatic heterocycles. The van der Waals surface area contributed by atoms with Gasteiger partial charge < -0.3 is 15.2 Å². The van der Waals surface area contributed by atoms with Crippen molar-refractivity contribution in [3.05, 3.63) is 65.2 Å². The SMILES string of the molecule is COC(=O)[C@H](Cc1ccc(C#N)cc1)NC(=O)c1cccc(O)c1. The fraction of sp³-hybridized carbons (Fsp3) is 0.167. The molecule has 0 spiro atoms. The third kappa shape index (κ3) is 4.34. The number of hydrogen-bond donors (Lipinski definition) is 2. The van der Waals surface area contributed by atoms with Gasteiger partial charge in [0, 0.05) is 12.0 Å². The number of esters is 1. The minimum Gasteiger partial charge on any atom is -0.508 e. The molecule has 24 heavy (non-hydrogen) atoms. The Morgan fingerprint density at radius 1 is 1.25 bits per heavy atom. The smallest absolute Gasteiger partial charge is 0.328 e. The Bertz CT molecular complexity index is 778. The summed E-state index contributed by atoms with van der Waals surface area (Å²) in [4.78, 5) is 24.2. The highest BCUT2D eigenvalue weighted by molar-refractivity contribution is 5.97. The average Bonchev–Trinajstić information content (AvgIpc) is 2.61. The first kappa shape index (κ1) is 17.0. The molecule has 2 rings (SSSR count). The molecule has 2 aromatic rings.